The van der Waals surface area contributed by atoms with Crippen LogP contribution in [0, 0.1) is 9.87 Å². The van der Waals surface area contributed by atoms with Crippen LogP contribution < -0.4 is 0 Å². The molecule has 0 aromatic carbocycles. The minimum absolute atomic E-state index is 0.326. The molecule has 1 rings (SSSR count). The third-order valence-electron chi connectivity index (χ3n) is 9.66. The summed E-state index contributed by atoms with van der Waals surface area (Å²) < 4.78 is -0.468. The van der Waals surface area contributed by atoms with Gasteiger partial charge in [0.25, 0.3) is 0 Å². The number of nitrogens with one attached hydrogen (secondary N) is 1. The number of aromatic amines is 1. The van der Waals surface area contributed by atoms with Crippen molar-refractivity contribution in [3.63, 3.8) is 0 Å². The summed E-state index contributed by atoms with van der Waals surface area (Å²) in [5.74, 6) is -3.03. The van der Waals surface area contributed by atoms with Crippen molar-refractivity contribution in [1.29, 1.82) is 0 Å². The number of aliphatic carboxylic acids is 2. The molecule has 0 spiro atoms. The topological polar surface area (TPSA) is 103 Å². The number of nitrogens with zero attached hydrogens (tertiary/aromatic N) is 1. The molecule has 3 N–H and O–H groups in total. The smallest absolute Gasteiger partial charge is 0.321 e. The van der Waals surface area contributed by atoms with Crippen LogP contribution in [0.1, 0.15) is 206 Å². The van der Waals surface area contributed by atoms with Gasteiger partial charge in [0.1, 0.15) is 4.75 Å². The zero-order valence-electron chi connectivity index (χ0n) is 30.2. The molecule has 0 saturated heterocycles. The molecule has 0 fully saturated rings. The Labute approximate surface area is 301 Å². The summed E-state index contributed by atoms with van der Waals surface area (Å²) >= 11 is 7.53. The zero-order valence-corrected chi connectivity index (χ0v) is 32.6. The molecule has 9 heteroatoms. The van der Waals surface area contributed by atoms with Gasteiger partial charge in [0.2, 0.25) is 0 Å². The second-order valence-corrected chi connectivity index (χ2v) is 17.0. The van der Waals surface area contributed by atoms with Gasteiger partial charge in [-0.1, -0.05) is 217 Å². The van der Waals surface area contributed by atoms with Gasteiger partial charge in [0.15, 0.2) is 8.29 Å². The Balaban J connectivity index is 2.47. The van der Waals surface area contributed by atoms with E-state index in [1.54, 1.807) is 0 Å². The monoisotopic (exact) mass is 714 g/mol. The van der Waals surface area contributed by atoms with Gasteiger partial charge in [0.05, 0.1) is 5.92 Å². The van der Waals surface area contributed by atoms with Crippen molar-refractivity contribution in [2.45, 2.75) is 216 Å². The molecule has 0 saturated carbocycles. The van der Waals surface area contributed by atoms with Crippen LogP contribution in [0.4, 0.5) is 0 Å². The summed E-state index contributed by atoms with van der Waals surface area (Å²) in [5.41, 5.74) is 0. The van der Waals surface area contributed by atoms with Gasteiger partial charge in [-0.25, -0.2) is 0 Å². The summed E-state index contributed by atoms with van der Waals surface area (Å²) in [5, 5.41) is 27.9. The van der Waals surface area contributed by atoms with Crippen molar-refractivity contribution in [3.8, 4) is 0 Å². The lowest BCUT2D eigenvalue weighted by Crippen LogP contribution is -2.46. The van der Waals surface area contributed by atoms with E-state index >= 15 is 0 Å². The van der Waals surface area contributed by atoms with Gasteiger partial charge in [-0.3, -0.25) is 14.7 Å². The third kappa shape index (κ3) is 21.7. The van der Waals surface area contributed by atoms with Gasteiger partial charge in [-0.2, -0.15) is 5.10 Å². The number of hydrogen-bond acceptors (Lipinski definition) is 6. The minimum Gasteiger partial charge on any atom is -0.481 e. The molecule has 1 heterocycles. The minimum atomic E-state index is -1.45. The first-order chi connectivity index (χ1) is 22.9. The molecule has 1 aromatic heterocycles. The molecule has 47 heavy (non-hydrogen) atoms. The predicted molar refractivity (Wildman–Crippen MR) is 205 cm³/mol. The summed E-state index contributed by atoms with van der Waals surface area (Å²) in [6, 6.07) is 0. The molecule has 0 radical (unpaired) electrons. The van der Waals surface area contributed by atoms with Crippen molar-refractivity contribution in [1.82, 2.24) is 10.2 Å². The number of H-pyrrole nitrogens is 1. The number of thioether (sulfide) groups is 1. The van der Waals surface area contributed by atoms with E-state index < -0.39 is 22.6 Å². The number of carboxylic acid groups (broad SMARTS) is 2. The van der Waals surface area contributed by atoms with E-state index in [9.17, 15) is 19.8 Å². The maximum atomic E-state index is 12.9. The van der Waals surface area contributed by atoms with Crippen LogP contribution in [-0.4, -0.2) is 37.1 Å². The van der Waals surface area contributed by atoms with E-state index in [0.717, 1.165) is 50.3 Å². The van der Waals surface area contributed by atoms with Crippen LogP contribution in [0.5, 0.6) is 0 Å². The second kappa shape index (κ2) is 29.9. The van der Waals surface area contributed by atoms with Crippen LogP contribution in [0.15, 0.2) is 4.34 Å². The molecule has 0 aliphatic carbocycles. The number of rotatable bonds is 35. The molecule has 2 unspecified atom stereocenters. The van der Waals surface area contributed by atoms with Crippen molar-refractivity contribution < 1.29 is 19.8 Å². The van der Waals surface area contributed by atoms with Gasteiger partial charge >= 0.3 is 11.9 Å². The molecule has 0 bridgehead atoms. The molecule has 2 atom stereocenters. The SMILES string of the molecule is CCCCCCCCCCCCCCCCC(C(=O)O)C(CCCCCCCCCCCCCCCC)(Sc1n[nH]c(=S)s1)C(=O)O. The van der Waals surface area contributed by atoms with Crippen LogP contribution in [0.2, 0.25) is 0 Å². The predicted octanol–water partition coefficient (Wildman–Crippen LogP) is 13.6. The van der Waals surface area contributed by atoms with E-state index in [1.807, 2.05) is 0 Å². The Morgan fingerprint density at radius 2 is 1.02 bits per heavy atom. The molecule has 0 amide bonds. The highest BCUT2D eigenvalue weighted by Gasteiger charge is 2.50. The molecular formula is C38H70N2O4S3. The van der Waals surface area contributed by atoms with Gasteiger partial charge in [0, 0.05) is 0 Å². The van der Waals surface area contributed by atoms with E-state index in [4.69, 9.17) is 12.2 Å². The lowest BCUT2D eigenvalue weighted by atomic mass is 9.82. The lowest BCUT2D eigenvalue weighted by molar-refractivity contribution is -0.152. The first kappa shape index (κ1) is 44.1. The Hall–Kier alpha value is -0.930. The maximum absolute atomic E-state index is 12.9. The summed E-state index contributed by atoms with van der Waals surface area (Å²) in [7, 11) is 0. The average molecular weight is 715 g/mol. The van der Waals surface area contributed by atoms with E-state index in [0.29, 0.717) is 27.6 Å². The fraction of sp³-hybridized carbons (Fsp3) is 0.895. The molecule has 274 valence electrons. The Morgan fingerprint density at radius 1 is 0.660 bits per heavy atom. The van der Waals surface area contributed by atoms with E-state index in [1.165, 1.54) is 146 Å². The third-order valence-corrected chi connectivity index (χ3v) is 12.3. The zero-order chi connectivity index (χ0) is 34.4. The number of hydrogen-bond donors (Lipinski definition) is 3. The van der Waals surface area contributed by atoms with Crippen molar-refractivity contribution in [3.05, 3.63) is 3.95 Å². The Morgan fingerprint density at radius 3 is 1.34 bits per heavy atom. The fourth-order valence-electron chi connectivity index (χ4n) is 6.69. The average Bonchev–Trinajstić information content (AvgIpc) is 3.46. The summed E-state index contributed by atoms with van der Waals surface area (Å²) in [6.07, 6.45) is 35.1. The first-order valence-corrected chi connectivity index (χ1v) is 21.6. The molecule has 6 nitrogen and oxygen atoms in total. The quantitative estimate of drug-likeness (QED) is 0.0365. The number of aromatic nitrogens is 2. The highest BCUT2D eigenvalue weighted by molar-refractivity contribution is 8.03. The Bertz CT molecular complexity index is 953. The van der Waals surface area contributed by atoms with Crippen LogP contribution in [0.3, 0.4) is 0 Å². The van der Waals surface area contributed by atoms with Crippen LogP contribution >= 0.6 is 35.3 Å². The second-order valence-electron chi connectivity index (χ2n) is 13.8. The number of carbonyl (C=O) groups is 2. The maximum Gasteiger partial charge on any atom is 0.321 e. The highest BCUT2D eigenvalue weighted by Crippen LogP contribution is 2.46. The van der Waals surface area contributed by atoms with Gasteiger partial charge in [-0.15, -0.1) is 0 Å². The molecular weight excluding hydrogens is 645 g/mol. The first-order valence-electron chi connectivity index (χ1n) is 19.6. The number of carboxylic acids is 2. The highest BCUT2D eigenvalue weighted by atomic mass is 32.2. The fourth-order valence-corrected chi connectivity index (χ4v) is 9.44. The van der Waals surface area contributed by atoms with Gasteiger partial charge < -0.3 is 10.2 Å². The standard InChI is InChI=1S/C38H70N2O4S3/c1-3-5-7-9-11-13-15-17-19-21-23-25-27-29-31-33(34(41)42)38(35(43)44,47-37-40-39-36(45)46-37)32-30-28-26-24-22-20-18-16-14-12-10-8-6-4-2/h33H,3-32H2,1-2H3,(H,39,45)(H,41,42)(H,43,44). The van der Waals surface area contributed by atoms with Gasteiger partial charge in [-0.05, 0) is 25.1 Å². The van der Waals surface area contributed by atoms with Crippen LogP contribution in [-0.2, 0) is 9.59 Å². The largest absolute Gasteiger partial charge is 0.481 e. The summed E-state index contributed by atoms with van der Waals surface area (Å²) in [4.78, 5) is 25.6. The van der Waals surface area contributed by atoms with E-state index in [2.05, 4.69) is 24.0 Å². The van der Waals surface area contributed by atoms with Crippen molar-refractivity contribution in [2.75, 3.05) is 0 Å². The normalized spacial score (nSPS) is 13.5. The van der Waals surface area contributed by atoms with Crippen molar-refractivity contribution in [2.24, 2.45) is 5.92 Å². The molecule has 0 aliphatic rings. The van der Waals surface area contributed by atoms with Crippen molar-refractivity contribution >= 4 is 47.3 Å². The molecule has 1 aromatic rings. The number of unbranched alkanes of at least 4 members (excludes halogenated alkanes) is 26. The lowest BCUT2D eigenvalue weighted by Gasteiger charge is -2.33. The Kier molecular flexibility index (Phi) is 28.1. The molecule has 0 aliphatic heterocycles. The van der Waals surface area contributed by atoms with E-state index in [-0.39, 0.29) is 0 Å². The summed E-state index contributed by atoms with van der Waals surface area (Å²) in [6.45, 7) is 4.52. The van der Waals surface area contributed by atoms with Crippen LogP contribution in [0.25, 0.3) is 0 Å².